The molecule has 1 aliphatic rings. The van der Waals surface area contributed by atoms with Crippen LogP contribution in [0.4, 0.5) is 5.69 Å². The van der Waals surface area contributed by atoms with Crippen LogP contribution in [0.25, 0.3) is 0 Å². The smallest absolute Gasteiger partial charge is 0.379 e. The largest absolute Gasteiger partial charge is 0.495 e. The monoisotopic (exact) mass is 263 g/mol. The first-order chi connectivity index (χ1) is 9.06. The van der Waals surface area contributed by atoms with Crippen molar-refractivity contribution in [1.82, 2.24) is 0 Å². The Hall–Kier alpha value is -2.37. The first-order valence-electron chi connectivity index (χ1n) is 5.79. The molecule has 0 spiro atoms. The maximum atomic E-state index is 11.8. The molecule has 1 aliphatic heterocycles. The molecule has 0 aliphatic carbocycles. The van der Waals surface area contributed by atoms with Crippen molar-refractivity contribution in [2.45, 2.75) is 13.3 Å². The lowest BCUT2D eigenvalue weighted by atomic mass is 10.0. The van der Waals surface area contributed by atoms with Gasteiger partial charge in [-0.05, 0) is 24.6 Å². The number of amides is 1. The molecule has 1 N–H and O–H groups in total. The molecule has 6 nitrogen and oxygen atoms in total. The third kappa shape index (κ3) is 2.42. The van der Waals surface area contributed by atoms with Crippen molar-refractivity contribution in [1.29, 1.82) is 0 Å². The van der Waals surface area contributed by atoms with Gasteiger partial charge in [0.1, 0.15) is 5.75 Å². The van der Waals surface area contributed by atoms with Gasteiger partial charge in [-0.1, -0.05) is 0 Å². The van der Waals surface area contributed by atoms with Gasteiger partial charge in [0.05, 0.1) is 25.8 Å². The molecule has 19 heavy (non-hydrogen) atoms. The molecule has 1 amide bonds. The van der Waals surface area contributed by atoms with E-state index in [0.717, 1.165) is 0 Å². The fourth-order valence-corrected chi connectivity index (χ4v) is 1.92. The van der Waals surface area contributed by atoms with E-state index in [1.807, 2.05) is 0 Å². The van der Waals surface area contributed by atoms with Gasteiger partial charge in [0.15, 0.2) is 0 Å². The number of anilines is 1. The molecule has 1 aromatic carbocycles. The second kappa shape index (κ2) is 5.09. The fraction of sp³-hybridized carbons (Fsp3) is 0.308. The van der Waals surface area contributed by atoms with Crippen LogP contribution in [-0.2, 0) is 20.7 Å². The topological polar surface area (TPSA) is 81.7 Å². The number of Topliss-reactive ketones (excluding diaryl/α,β-unsaturated/α-hetero) is 1. The van der Waals surface area contributed by atoms with E-state index in [0.29, 0.717) is 17.0 Å². The summed E-state index contributed by atoms with van der Waals surface area (Å²) in [5.74, 6) is -1.48. The predicted octanol–water partition coefficient (Wildman–Crippen LogP) is 0.936. The van der Waals surface area contributed by atoms with E-state index >= 15 is 0 Å². The summed E-state index contributed by atoms with van der Waals surface area (Å²) in [6.07, 6.45) is 0.162. The van der Waals surface area contributed by atoms with E-state index in [9.17, 15) is 14.4 Å². The van der Waals surface area contributed by atoms with Gasteiger partial charge in [0, 0.05) is 5.56 Å². The van der Waals surface area contributed by atoms with Crippen molar-refractivity contribution in [3.05, 3.63) is 23.3 Å². The molecule has 2 rings (SSSR count). The second-order valence-electron chi connectivity index (χ2n) is 3.99. The maximum absolute atomic E-state index is 11.8. The van der Waals surface area contributed by atoms with Crippen molar-refractivity contribution >= 4 is 23.3 Å². The lowest BCUT2D eigenvalue weighted by Crippen LogP contribution is -2.17. The molecule has 0 fully saturated rings. The molecule has 6 heteroatoms. The Kier molecular flexibility index (Phi) is 3.50. The number of carbonyl (C=O) groups excluding carboxylic acids is 3. The Morgan fingerprint density at radius 2 is 2.11 bits per heavy atom. The average Bonchev–Trinajstić information content (AvgIpc) is 2.77. The molecule has 0 saturated heterocycles. The summed E-state index contributed by atoms with van der Waals surface area (Å²) >= 11 is 0. The third-order valence-electron chi connectivity index (χ3n) is 2.74. The van der Waals surface area contributed by atoms with Crippen LogP contribution in [0.2, 0.25) is 0 Å². The van der Waals surface area contributed by atoms with Crippen molar-refractivity contribution in [2.24, 2.45) is 0 Å². The number of carbonyl (C=O) groups is 3. The van der Waals surface area contributed by atoms with Gasteiger partial charge in [-0.25, -0.2) is 4.79 Å². The highest BCUT2D eigenvalue weighted by Gasteiger charge is 2.26. The number of benzene rings is 1. The Bertz CT molecular complexity index is 564. The van der Waals surface area contributed by atoms with Gasteiger partial charge in [-0.3, -0.25) is 9.59 Å². The lowest BCUT2D eigenvalue weighted by molar-refractivity contribution is -0.137. The SMILES string of the molecule is CCOC(=O)C(=O)c1cc2c(c(OC)c1)NC(=O)C2. The highest BCUT2D eigenvalue weighted by molar-refractivity contribution is 6.40. The van der Waals surface area contributed by atoms with Gasteiger partial charge in [-0.2, -0.15) is 0 Å². The predicted molar refractivity (Wildman–Crippen MR) is 66.3 cm³/mol. The first-order valence-corrected chi connectivity index (χ1v) is 5.79. The minimum atomic E-state index is -0.915. The number of methoxy groups -OCH3 is 1. The van der Waals surface area contributed by atoms with Crippen LogP contribution in [0.5, 0.6) is 5.75 Å². The van der Waals surface area contributed by atoms with E-state index in [1.54, 1.807) is 6.92 Å². The summed E-state index contributed by atoms with van der Waals surface area (Å²) in [5, 5.41) is 2.65. The summed E-state index contributed by atoms with van der Waals surface area (Å²) in [4.78, 5) is 34.6. The Morgan fingerprint density at radius 1 is 1.37 bits per heavy atom. The molecule has 0 radical (unpaired) electrons. The van der Waals surface area contributed by atoms with Gasteiger partial charge in [-0.15, -0.1) is 0 Å². The van der Waals surface area contributed by atoms with Crippen LogP contribution in [-0.4, -0.2) is 31.4 Å². The van der Waals surface area contributed by atoms with E-state index in [4.69, 9.17) is 4.74 Å². The van der Waals surface area contributed by atoms with Gasteiger partial charge in [0.25, 0.3) is 5.78 Å². The Labute approximate surface area is 109 Å². The van der Waals surface area contributed by atoms with Crippen molar-refractivity contribution < 1.29 is 23.9 Å². The van der Waals surface area contributed by atoms with Crippen molar-refractivity contribution in [2.75, 3.05) is 19.0 Å². The quantitative estimate of drug-likeness (QED) is 0.496. The normalized spacial score (nSPS) is 12.6. The summed E-state index contributed by atoms with van der Waals surface area (Å²) in [7, 11) is 1.43. The van der Waals surface area contributed by atoms with Crippen LogP contribution in [0.15, 0.2) is 12.1 Å². The molecular formula is C13H13NO5. The number of hydrogen-bond acceptors (Lipinski definition) is 5. The molecule has 0 unspecified atom stereocenters. The van der Waals surface area contributed by atoms with E-state index in [-0.39, 0.29) is 24.5 Å². The van der Waals surface area contributed by atoms with E-state index in [2.05, 4.69) is 10.1 Å². The van der Waals surface area contributed by atoms with Crippen LogP contribution >= 0.6 is 0 Å². The molecule has 1 aromatic rings. The van der Waals surface area contributed by atoms with Crippen molar-refractivity contribution in [3.8, 4) is 5.75 Å². The number of fused-ring (bicyclic) bond motifs is 1. The molecule has 100 valence electrons. The third-order valence-corrected chi connectivity index (χ3v) is 2.74. The van der Waals surface area contributed by atoms with Crippen LogP contribution in [0.3, 0.4) is 0 Å². The number of esters is 1. The second-order valence-corrected chi connectivity index (χ2v) is 3.99. The number of nitrogens with one attached hydrogen (secondary N) is 1. The van der Waals surface area contributed by atoms with Gasteiger partial charge in [0.2, 0.25) is 5.91 Å². The molecule has 0 aromatic heterocycles. The highest BCUT2D eigenvalue weighted by Crippen LogP contribution is 2.34. The Balaban J connectivity index is 2.39. The van der Waals surface area contributed by atoms with Gasteiger partial charge < -0.3 is 14.8 Å². The minimum Gasteiger partial charge on any atom is -0.495 e. The van der Waals surface area contributed by atoms with Crippen LogP contribution in [0, 0.1) is 0 Å². The minimum absolute atomic E-state index is 0.132. The number of ether oxygens (including phenoxy) is 2. The van der Waals surface area contributed by atoms with Crippen LogP contribution < -0.4 is 10.1 Å². The summed E-state index contributed by atoms with van der Waals surface area (Å²) < 4.78 is 9.78. The first kappa shape index (κ1) is 13.1. The lowest BCUT2D eigenvalue weighted by Gasteiger charge is -2.09. The van der Waals surface area contributed by atoms with Crippen molar-refractivity contribution in [3.63, 3.8) is 0 Å². The summed E-state index contributed by atoms with van der Waals surface area (Å²) in [5.41, 5.74) is 1.34. The maximum Gasteiger partial charge on any atom is 0.379 e. The van der Waals surface area contributed by atoms with Crippen LogP contribution in [0.1, 0.15) is 22.8 Å². The number of hydrogen-bond donors (Lipinski definition) is 1. The molecule has 0 atom stereocenters. The number of ketones is 1. The standard InChI is InChI=1S/C13H13NO5/c1-3-19-13(17)12(16)8-4-7-6-10(15)14-11(7)9(5-8)18-2/h4-5H,3,6H2,1-2H3,(H,14,15). The summed E-state index contributed by atoms with van der Waals surface area (Å²) in [6.45, 7) is 1.75. The molecule has 0 bridgehead atoms. The fourth-order valence-electron chi connectivity index (χ4n) is 1.92. The molecular weight excluding hydrogens is 250 g/mol. The molecule has 0 saturated carbocycles. The zero-order chi connectivity index (χ0) is 14.0. The Morgan fingerprint density at radius 3 is 2.74 bits per heavy atom. The molecule has 1 heterocycles. The zero-order valence-electron chi connectivity index (χ0n) is 10.6. The number of rotatable bonds is 4. The zero-order valence-corrected chi connectivity index (χ0v) is 10.6. The highest BCUT2D eigenvalue weighted by atomic mass is 16.5. The van der Waals surface area contributed by atoms with E-state index in [1.165, 1.54) is 19.2 Å². The van der Waals surface area contributed by atoms with E-state index < -0.39 is 11.8 Å². The average molecular weight is 263 g/mol. The summed E-state index contributed by atoms with van der Waals surface area (Å²) in [6, 6.07) is 2.93. The van der Waals surface area contributed by atoms with Gasteiger partial charge >= 0.3 is 5.97 Å².